The van der Waals surface area contributed by atoms with Gasteiger partial charge in [-0.05, 0) is 32.6 Å². The van der Waals surface area contributed by atoms with Gasteiger partial charge in [-0.2, -0.15) is 0 Å². The highest BCUT2D eigenvalue weighted by Gasteiger charge is 2.15. The molecular formula is C23H46O4. The molecule has 0 fully saturated rings. The number of carbonyl (C=O) groups is 1. The Morgan fingerprint density at radius 1 is 0.741 bits per heavy atom. The molecule has 0 aliphatic rings. The monoisotopic (exact) mass is 386 g/mol. The molecule has 0 saturated carbocycles. The summed E-state index contributed by atoms with van der Waals surface area (Å²) in [5.74, 6) is -0.244. The van der Waals surface area contributed by atoms with Gasteiger partial charge in [0.1, 0.15) is 0 Å². The molecule has 2 N–H and O–H groups in total. The number of hydrogen-bond donors (Lipinski definition) is 2. The van der Waals surface area contributed by atoms with Gasteiger partial charge in [0.2, 0.25) is 0 Å². The summed E-state index contributed by atoms with van der Waals surface area (Å²) in [6.45, 7) is 6.27. The van der Waals surface area contributed by atoms with Crippen LogP contribution in [0, 0.1) is 0 Å². The van der Waals surface area contributed by atoms with Crippen LogP contribution in [0.2, 0.25) is 0 Å². The first kappa shape index (κ1) is 26.4. The molecule has 4 nitrogen and oxygen atoms in total. The summed E-state index contributed by atoms with van der Waals surface area (Å²) in [6, 6.07) is 0. The van der Waals surface area contributed by atoms with E-state index in [0.29, 0.717) is 12.8 Å². The Hall–Kier alpha value is -0.610. The van der Waals surface area contributed by atoms with Crippen LogP contribution in [0.15, 0.2) is 0 Å². The number of aliphatic hydroxyl groups excluding tert-OH is 2. The molecule has 0 aromatic heterocycles. The van der Waals surface area contributed by atoms with Crippen molar-refractivity contribution in [3.63, 3.8) is 0 Å². The van der Waals surface area contributed by atoms with Crippen molar-refractivity contribution in [1.82, 2.24) is 0 Å². The largest absolute Gasteiger partial charge is 0.463 e. The Morgan fingerprint density at radius 3 is 1.85 bits per heavy atom. The lowest BCUT2D eigenvalue weighted by Crippen LogP contribution is -2.20. The van der Waals surface area contributed by atoms with Gasteiger partial charge in [0.05, 0.1) is 18.3 Å². The van der Waals surface area contributed by atoms with Crippen molar-refractivity contribution >= 4 is 5.97 Å². The van der Waals surface area contributed by atoms with E-state index in [0.717, 1.165) is 38.5 Å². The second kappa shape index (κ2) is 18.7. The van der Waals surface area contributed by atoms with E-state index >= 15 is 0 Å². The fourth-order valence-corrected chi connectivity index (χ4v) is 3.36. The molecule has 0 rings (SSSR count). The molecule has 0 spiro atoms. The molecule has 162 valence electrons. The third-order valence-corrected chi connectivity index (χ3v) is 5.16. The maximum absolute atomic E-state index is 11.8. The van der Waals surface area contributed by atoms with Gasteiger partial charge in [0.25, 0.3) is 0 Å². The van der Waals surface area contributed by atoms with Crippen LogP contribution in [0.25, 0.3) is 0 Å². The summed E-state index contributed by atoms with van der Waals surface area (Å²) < 4.78 is 5.33. The van der Waals surface area contributed by atoms with Crippen molar-refractivity contribution in [2.75, 3.05) is 0 Å². The average molecular weight is 387 g/mol. The summed E-state index contributed by atoms with van der Waals surface area (Å²) in [6.07, 6.45) is 15.0. The topological polar surface area (TPSA) is 66.8 Å². The number of aliphatic hydroxyl groups is 2. The zero-order valence-corrected chi connectivity index (χ0v) is 18.3. The Bertz CT molecular complexity index is 332. The first-order valence-corrected chi connectivity index (χ1v) is 11.5. The molecule has 0 aliphatic carbocycles. The number of carbonyl (C=O) groups excluding carboxylic acids is 1. The second-order valence-electron chi connectivity index (χ2n) is 8.14. The highest BCUT2D eigenvalue weighted by atomic mass is 16.5. The smallest absolute Gasteiger partial charge is 0.306 e. The van der Waals surface area contributed by atoms with Gasteiger partial charge in [0.15, 0.2) is 0 Å². The van der Waals surface area contributed by atoms with Gasteiger partial charge in [-0.25, -0.2) is 0 Å². The predicted octanol–water partition coefficient (Wildman–Crippen LogP) is 5.92. The highest BCUT2D eigenvalue weighted by molar-refractivity contribution is 5.69. The maximum atomic E-state index is 11.8. The van der Waals surface area contributed by atoms with Crippen LogP contribution in [0.1, 0.15) is 124 Å². The molecule has 3 unspecified atom stereocenters. The minimum absolute atomic E-state index is 0.0492. The SMILES string of the molecule is CCCCCCCCCCCC(O)CC(O)CCC(=O)OC(C)CCCC. The molecule has 0 aromatic rings. The summed E-state index contributed by atoms with van der Waals surface area (Å²) >= 11 is 0. The van der Waals surface area contributed by atoms with Gasteiger partial charge < -0.3 is 14.9 Å². The molecule has 0 radical (unpaired) electrons. The van der Waals surface area contributed by atoms with Crippen LogP contribution in [0.5, 0.6) is 0 Å². The fourth-order valence-electron chi connectivity index (χ4n) is 3.36. The third-order valence-electron chi connectivity index (χ3n) is 5.16. The van der Waals surface area contributed by atoms with E-state index in [-0.39, 0.29) is 18.5 Å². The van der Waals surface area contributed by atoms with E-state index in [4.69, 9.17) is 4.74 Å². The quantitative estimate of drug-likeness (QED) is 0.213. The standard InChI is InChI=1S/C23H46O4/c1-4-6-8-9-10-11-12-13-14-16-21(24)19-22(25)17-18-23(26)27-20(3)15-7-5-2/h20-22,24-25H,4-19H2,1-3H3. The fraction of sp³-hybridized carbons (Fsp3) is 0.957. The van der Waals surface area contributed by atoms with Crippen LogP contribution in [0.3, 0.4) is 0 Å². The number of rotatable bonds is 19. The molecule has 0 saturated heterocycles. The molecule has 0 aliphatic heterocycles. The maximum Gasteiger partial charge on any atom is 0.306 e. The predicted molar refractivity (Wildman–Crippen MR) is 113 cm³/mol. The van der Waals surface area contributed by atoms with Gasteiger partial charge in [0, 0.05) is 6.42 Å². The summed E-state index contributed by atoms with van der Waals surface area (Å²) in [5, 5.41) is 20.1. The highest BCUT2D eigenvalue weighted by Crippen LogP contribution is 2.15. The Kier molecular flexibility index (Phi) is 18.3. The Labute approximate surface area is 168 Å². The number of unbranched alkanes of at least 4 members (excludes halogenated alkanes) is 9. The zero-order chi connectivity index (χ0) is 20.3. The minimum atomic E-state index is -0.628. The summed E-state index contributed by atoms with van der Waals surface area (Å²) in [4.78, 5) is 11.8. The van der Waals surface area contributed by atoms with Gasteiger partial charge in [-0.1, -0.05) is 84.5 Å². The lowest BCUT2D eigenvalue weighted by atomic mass is 10.0. The first-order chi connectivity index (χ1) is 13.0. The summed E-state index contributed by atoms with van der Waals surface area (Å²) in [5.41, 5.74) is 0. The number of hydrogen-bond acceptors (Lipinski definition) is 4. The lowest BCUT2D eigenvalue weighted by Gasteiger charge is -2.16. The number of esters is 1. The average Bonchev–Trinajstić information content (AvgIpc) is 2.63. The molecular weight excluding hydrogens is 340 g/mol. The molecule has 0 aromatic carbocycles. The molecule has 0 bridgehead atoms. The van der Waals surface area contributed by atoms with E-state index in [1.54, 1.807) is 0 Å². The van der Waals surface area contributed by atoms with Crippen molar-refractivity contribution in [3.05, 3.63) is 0 Å². The molecule has 27 heavy (non-hydrogen) atoms. The van der Waals surface area contributed by atoms with Crippen molar-refractivity contribution in [3.8, 4) is 0 Å². The normalized spacial score (nSPS) is 14.7. The molecule has 4 heteroatoms. The van der Waals surface area contributed by atoms with Crippen molar-refractivity contribution in [1.29, 1.82) is 0 Å². The van der Waals surface area contributed by atoms with Gasteiger partial charge in [-0.15, -0.1) is 0 Å². The molecule has 3 atom stereocenters. The molecule has 0 amide bonds. The third kappa shape index (κ3) is 18.5. The van der Waals surface area contributed by atoms with Crippen LogP contribution in [-0.2, 0) is 9.53 Å². The minimum Gasteiger partial charge on any atom is -0.463 e. The van der Waals surface area contributed by atoms with Crippen LogP contribution in [0.4, 0.5) is 0 Å². The van der Waals surface area contributed by atoms with Crippen LogP contribution in [-0.4, -0.2) is 34.5 Å². The van der Waals surface area contributed by atoms with Gasteiger partial charge >= 0.3 is 5.97 Å². The second-order valence-corrected chi connectivity index (χ2v) is 8.14. The van der Waals surface area contributed by atoms with Crippen molar-refractivity contribution < 1.29 is 19.7 Å². The van der Waals surface area contributed by atoms with Crippen LogP contribution >= 0.6 is 0 Å². The number of ether oxygens (including phenoxy) is 1. The van der Waals surface area contributed by atoms with E-state index in [1.165, 1.54) is 44.9 Å². The summed E-state index contributed by atoms with van der Waals surface area (Å²) in [7, 11) is 0. The van der Waals surface area contributed by atoms with Crippen molar-refractivity contribution in [2.45, 2.75) is 142 Å². The van der Waals surface area contributed by atoms with E-state index in [1.807, 2.05) is 6.92 Å². The first-order valence-electron chi connectivity index (χ1n) is 11.5. The van der Waals surface area contributed by atoms with Crippen LogP contribution < -0.4 is 0 Å². The Balaban J connectivity index is 3.57. The lowest BCUT2D eigenvalue weighted by molar-refractivity contribution is -0.149. The van der Waals surface area contributed by atoms with E-state index in [9.17, 15) is 15.0 Å². The molecule has 0 heterocycles. The Morgan fingerprint density at radius 2 is 1.26 bits per heavy atom. The van der Waals surface area contributed by atoms with E-state index in [2.05, 4.69) is 13.8 Å². The van der Waals surface area contributed by atoms with Gasteiger partial charge in [-0.3, -0.25) is 4.79 Å². The van der Waals surface area contributed by atoms with E-state index < -0.39 is 12.2 Å². The zero-order valence-electron chi connectivity index (χ0n) is 18.3. The van der Waals surface area contributed by atoms with Crippen molar-refractivity contribution in [2.24, 2.45) is 0 Å².